The van der Waals surface area contributed by atoms with Gasteiger partial charge in [0.2, 0.25) is 15.9 Å². The number of carbonyl (C=O) groups is 1. The van der Waals surface area contributed by atoms with E-state index in [-0.39, 0.29) is 55.0 Å². The zero-order valence-electron chi connectivity index (χ0n) is 13.4. The SMILES string of the molecule is Cl.NCCC(=O)N1CCN(S(=O)(=O)c2ccc3[nH]c(=O)[nH]c3c2)CC1. The summed E-state index contributed by atoms with van der Waals surface area (Å²) in [7, 11) is -3.67. The Morgan fingerprint density at radius 1 is 1.12 bits per heavy atom. The zero-order chi connectivity index (χ0) is 17.3. The summed E-state index contributed by atoms with van der Waals surface area (Å²) in [4.78, 5) is 30.0. The second-order valence-corrected chi connectivity index (χ2v) is 7.55. The first-order valence-electron chi connectivity index (χ1n) is 7.62. The van der Waals surface area contributed by atoms with E-state index in [9.17, 15) is 18.0 Å². The summed E-state index contributed by atoms with van der Waals surface area (Å²) >= 11 is 0. The molecule has 2 heterocycles. The van der Waals surface area contributed by atoms with Gasteiger partial charge in [-0.3, -0.25) is 4.79 Å². The highest BCUT2D eigenvalue weighted by atomic mass is 35.5. The van der Waals surface area contributed by atoms with Crippen molar-refractivity contribution >= 4 is 39.4 Å². The predicted octanol–water partition coefficient (Wildman–Crippen LogP) is -0.540. The highest BCUT2D eigenvalue weighted by molar-refractivity contribution is 7.89. The number of halogens is 1. The van der Waals surface area contributed by atoms with Crippen molar-refractivity contribution < 1.29 is 13.2 Å². The van der Waals surface area contributed by atoms with Crippen LogP contribution in [0.25, 0.3) is 11.0 Å². The third-order valence-corrected chi connectivity index (χ3v) is 5.97. The normalized spacial score (nSPS) is 16.0. The van der Waals surface area contributed by atoms with Crippen molar-refractivity contribution in [1.82, 2.24) is 19.2 Å². The standard InChI is InChI=1S/C14H19N5O4S.ClH/c15-4-3-13(20)18-5-7-19(8-6-18)24(22,23)10-1-2-11-12(9-10)17-14(21)16-11;/h1-2,9H,3-8,15H2,(H2,16,17,21);1H. The Labute approximate surface area is 150 Å². The molecule has 1 aromatic heterocycles. The lowest BCUT2D eigenvalue weighted by Gasteiger charge is -2.34. The van der Waals surface area contributed by atoms with Crippen molar-refractivity contribution in [2.24, 2.45) is 5.73 Å². The molecule has 0 bridgehead atoms. The minimum absolute atomic E-state index is 0. The van der Waals surface area contributed by atoms with Crippen LogP contribution in [0.4, 0.5) is 0 Å². The van der Waals surface area contributed by atoms with Crippen LogP contribution >= 0.6 is 12.4 Å². The number of hydrogen-bond donors (Lipinski definition) is 3. The van der Waals surface area contributed by atoms with Crippen LogP contribution in [0.1, 0.15) is 6.42 Å². The van der Waals surface area contributed by atoms with Gasteiger partial charge in [0.05, 0.1) is 15.9 Å². The van der Waals surface area contributed by atoms with Gasteiger partial charge in [-0.05, 0) is 18.2 Å². The fourth-order valence-corrected chi connectivity index (χ4v) is 4.23. The summed E-state index contributed by atoms with van der Waals surface area (Å²) in [6, 6.07) is 4.46. The quantitative estimate of drug-likeness (QED) is 0.646. The summed E-state index contributed by atoms with van der Waals surface area (Å²) in [6.07, 6.45) is 0.268. The fraction of sp³-hybridized carbons (Fsp3) is 0.429. The molecule has 2 aromatic rings. The maximum Gasteiger partial charge on any atom is 0.323 e. The van der Waals surface area contributed by atoms with Gasteiger partial charge in [-0.15, -0.1) is 12.4 Å². The van der Waals surface area contributed by atoms with Gasteiger partial charge in [-0.25, -0.2) is 13.2 Å². The number of piperazine rings is 1. The Hall–Kier alpha value is -1.88. The van der Waals surface area contributed by atoms with Gasteiger partial charge in [0, 0.05) is 39.1 Å². The number of nitrogens with one attached hydrogen (secondary N) is 2. The largest absolute Gasteiger partial charge is 0.340 e. The lowest BCUT2D eigenvalue weighted by molar-refractivity contribution is -0.132. The van der Waals surface area contributed by atoms with Crippen molar-refractivity contribution in [1.29, 1.82) is 0 Å². The highest BCUT2D eigenvalue weighted by Gasteiger charge is 2.30. The van der Waals surface area contributed by atoms with E-state index in [4.69, 9.17) is 5.73 Å². The molecule has 11 heteroatoms. The molecule has 0 spiro atoms. The Bertz CT molecular complexity index is 915. The summed E-state index contributed by atoms with van der Waals surface area (Å²) < 4.78 is 26.8. The van der Waals surface area contributed by atoms with Crippen LogP contribution in [-0.2, 0) is 14.8 Å². The molecule has 0 aliphatic carbocycles. The number of hydrogen-bond acceptors (Lipinski definition) is 5. The Kier molecular flexibility index (Phi) is 5.88. The van der Waals surface area contributed by atoms with E-state index in [1.165, 1.54) is 16.4 Å². The van der Waals surface area contributed by atoms with E-state index in [1.807, 2.05) is 0 Å². The third-order valence-electron chi connectivity index (χ3n) is 4.07. The van der Waals surface area contributed by atoms with Crippen molar-refractivity contribution in [3.05, 3.63) is 28.7 Å². The van der Waals surface area contributed by atoms with E-state index in [2.05, 4.69) is 9.97 Å². The monoisotopic (exact) mass is 389 g/mol. The molecule has 25 heavy (non-hydrogen) atoms. The van der Waals surface area contributed by atoms with Crippen LogP contribution in [0.15, 0.2) is 27.9 Å². The minimum atomic E-state index is -3.67. The Balaban J connectivity index is 0.00000225. The van der Waals surface area contributed by atoms with Crippen LogP contribution in [-0.4, -0.2) is 66.2 Å². The molecule has 1 aliphatic rings. The lowest BCUT2D eigenvalue weighted by Crippen LogP contribution is -2.50. The second kappa shape index (κ2) is 7.56. The maximum atomic E-state index is 12.7. The van der Waals surface area contributed by atoms with Gasteiger partial charge in [0.1, 0.15) is 0 Å². The topological polar surface area (TPSA) is 132 Å². The lowest BCUT2D eigenvalue weighted by atomic mass is 10.3. The molecule has 0 radical (unpaired) electrons. The fourth-order valence-electron chi connectivity index (χ4n) is 2.78. The summed E-state index contributed by atoms with van der Waals surface area (Å²) in [5.41, 5.74) is 5.99. The third kappa shape index (κ3) is 3.87. The number of amides is 1. The first-order chi connectivity index (χ1) is 11.4. The molecule has 1 fully saturated rings. The van der Waals surface area contributed by atoms with Gasteiger partial charge in [0.25, 0.3) is 0 Å². The first-order valence-corrected chi connectivity index (χ1v) is 9.06. The average molecular weight is 390 g/mol. The maximum absolute atomic E-state index is 12.7. The number of carbonyl (C=O) groups excluding carboxylic acids is 1. The summed E-state index contributed by atoms with van der Waals surface area (Å²) in [5.74, 6) is -0.0548. The Morgan fingerprint density at radius 2 is 1.76 bits per heavy atom. The van der Waals surface area contributed by atoms with E-state index in [1.54, 1.807) is 11.0 Å². The molecule has 1 saturated heterocycles. The molecule has 0 atom stereocenters. The van der Waals surface area contributed by atoms with E-state index in [0.717, 1.165) is 0 Å². The van der Waals surface area contributed by atoms with Gasteiger partial charge in [-0.2, -0.15) is 4.31 Å². The number of sulfonamides is 1. The van der Waals surface area contributed by atoms with Crippen molar-refractivity contribution in [3.63, 3.8) is 0 Å². The van der Waals surface area contributed by atoms with Gasteiger partial charge in [-0.1, -0.05) is 0 Å². The molecule has 0 saturated carbocycles. The van der Waals surface area contributed by atoms with Crippen LogP contribution < -0.4 is 11.4 Å². The van der Waals surface area contributed by atoms with E-state index < -0.39 is 10.0 Å². The van der Waals surface area contributed by atoms with Crippen molar-refractivity contribution in [3.8, 4) is 0 Å². The number of rotatable bonds is 4. The molecule has 1 aliphatic heterocycles. The second-order valence-electron chi connectivity index (χ2n) is 5.61. The number of nitrogens with two attached hydrogens (primary N) is 1. The summed E-state index contributed by atoms with van der Waals surface area (Å²) in [6.45, 7) is 1.45. The number of imidazole rings is 1. The molecule has 138 valence electrons. The molecule has 0 unspecified atom stereocenters. The molecule has 9 nitrogen and oxygen atoms in total. The number of fused-ring (bicyclic) bond motifs is 1. The predicted molar refractivity (Wildman–Crippen MR) is 95.2 cm³/mol. The van der Waals surface area contributed by atoms with Crippen LogP contribution in [0.2, 0.25) is 0 Å². The zero-order valence-corrected chi connectivity index (χ0v) is 15.0. The minimum Gasteiger partial charge on any atom is -0.340 e. The number of benzene rings is 1. The number of aromatic nitrogens is 2. The van der Waals surface area contributed by atoms with Crippen molar-refractivity contribution in [2.75, 3.05) is 32.7 Å². The number of aromatic amines is 2. The number of nitrogens with zero attached hydrogens (tertiary/aromatic N) is 2. The first kappa shape index (κ1) is 19.4. The van der Waals surface area contributed by atoms with Crippen molar-refractivity contribution in [2.45, 2.75) is 11.3 Å². The van der Waals surface area contributed by atoms with Crippen LogP contribution in [0, 0.1) is 0 Å². The molecule has 4 N–H and O–H groups in total. The average Bonchev–Trinajstić information content (AvgIpc) is 2.94. The molecule has 1 aromatic carbocycles. The van der Waals surface area contributed by atoms with Gasteiger partial charge in [0.15, 0.2) is 0 Å². The molecular weight excluding hydrogens is 370 g/mol. The van der Waals surface area contributed by atoms with E-state index >= 15 is 0 Å². The van der Waals surface area contributed by atoms with Gasteiger partial charge >= 0.3 is 5.69 Å². The smallest absolute Gasteiger partial charge is 0.323 e. The van der Waals surface area contributed by atoms with Gasteiger partial charge < -0.3 is 20.6 Å². The van der Waals surface area contributed by atoms with E-state index in [0.29, 0.717) is 24.1 Å². The molecular formula is C14H20ClN5O4S. The van der Waals surface area contributed by atoms with Crippen LogP contribution in [0.5, 0.6) is 0 Å². The van der Waals surface area contributed by atoms with Crippen LogP contribution in [0.3, 0.4) is 0 Å². The highest BCUT2D eigenvalue weighted by Crippen LogP contribution is 2.20. The summed E-state index contributed by atoms with van der Waals surface area (Å²) in [5, 5.41) is 0. The molecule has 1 amide bonds. The number of H-pyrrole nitrogens is 2. The molecule has 3 rings (SSSR count). The Morgan fingerprint density at radius 3 is 2.40 bits per heavy atom.